The zero-order chi connectivity index (χ0) is 13.7. The van der Waals surface area contributed by atoms with Crippen molar-refractivity contribution < 1.29 is 4.74 Å². The van der Waals surface area contributed by atoms with E-state index in [1.165, 1.54) is 6.42 Å². The van der Waals surface area contributed by atoms with Gasteiger partial charge in [0.2, 0.25) is 0 Å². The third-order valence-corrected chi connectivity index (χ3v) is 2.94. The molecule has 0 heterocycles. The second kappa shape index (κ2) is 6.43. The zero-order valence-electron chi connectivity index (χ0n) is 11.8. The summed E-state index contributed by atoms with van der Waals surface area (Å²) in [6.07, 6.45) is 2.26. The molecule has 3 N–H and O–H groups in total. The molecule has 1 aromatic rings. The minimum absolute atomic E-state index is 0.104. The summed E-state index contributed by atoms with van der Waals surface area (Å²) in [5.74, 6) is 1.76. The summed E-state index contributed by atoms with van der Waals surface area (Å²) < 4.78 is 5.84. The van der Waals surface area contributed by atoms with Crippen LogP contribution in [0, 0.1) is 25.2 Å². The first-order valence-corrected chi connectivity index (χ1v) is 6.50. The second-order valence-corrected chi connectivity index (χ2v) is 5.24. The number of ether oxygens (including phenoxy) is 1. The summed E-state index contributed by atoms with van der Waals surface area (Å²) >= 11 is 0. The van der Waals surface area contributed by atoms with Gasteiger partial charge in [-0.25, -0.2) is 0 Å². The third kappa shape index (κ3) is 4.06. The second-order valence-electron chi connectivity index (χ2n) is 5.24. The van der Waals surface area contributed by atoms with Gasteiger partial charge in [-0.15, -0.1) is 0 Å². The fourth-order valence-corrected chi connectivity index (χ4v) is 2.00. The van der Waals surface area contributed by atoms with Crippen LogP contribution in [-0.2, 0) is 0 Å². The van der Waals surface area contributed by atoms with Gasteiger partial charge in [-0.3, -0.25) is 5.41 Å². The van der Waals surface area contributed by atoms with Gasteiger partial charge in [-0.1, -0.05) is 13.8 Å². The van der Waals surface area contributed by atoms with Gasteiger partial charge >= 0.3 is 0 Å². The zero-order valence-corrected chi connectivity index (χ0v) is 11.8. The van der Waals surface area contributed by atoms with E-state index in [0.29, 0.717) is 0 Å². The van der Waals surface area contributed by atoms with Crippen LogP contribution in [0.4, 0.5) is 0 Å². The van der Waals surface area contributed by atoms with Gasteiger partial charge in [-0.05, 0) is 55.9 Å². The number of nitrogens with two attached hydrogens (primary N) is 1. The Bertz CT molecular complexity index is 401. The molecule has 0 unspecified atom stereocenters. The van der Waals surface area contributed by atoms with E-state index in [0.717, 1.165) is 41.4 Å². The Morgan fingerprint density at radius 2 is 1.83 bits per heavy atom. The van der Waals surface area contributed by atoms with Gasteiger partial charge in [-0.2, -0.15) is 0 Å². The molecule has 0 aliphatic rings. The Morgan fingerprint density at radius 3 is 2.28 bits per heavy atom. The van der Waals surface area contributed by atoms with Crippen molar-refractivity contribution in [2.75, 3.05) is 6.61 Å². The van der Waals surface area contributed by atoms with Crippen molar-refractivity contribution in [2.24, 2.45) is 11.7 Å². The smallest absolute Gasteiger partial charge is 0.125 e. The molecule has 0 saturated heterocycles. The molecular formula is C15H24N2O. The lowest BCUT2D eigenvalue weighted by Gasteiger charge is -2.14. The van der Waals surface area contributed by atoms with Crippen LogP contribution >= 0.6 is 0 Å². The maximum absolute atomic E-state index is 7.45. The number of hydrogen-bond acceptors (Lipinski definition) is 2. The third-order valence-electron chi connectivity index (χ3n) is 2.94. The van der Waals surface area contributed by atoms with E-state index in [1.54, 1.807) is 0 Å². The fraction of sp³-hybridized carbons (Fsp3) is 0.533. The first-order valence-electron chi connectivity index (χ1n) is 6.50. The van der Waals surface area contributed by atoms with E-state index in [-0.39, 0.29) is 5.84 Å². The molecule has 1 aromatic carbocycles. The van der Waals surface area contributed by atoms with Crippen molar-refractivity contribution in [1.82, 2.24) is 0 Å². The van der Waals surface area contributed by atoms with Crippen molar-refractivity contribution in [2.45, 2.75) is 40.5 Å². The lowest BCUT2D eigenvalue weighted by molar-refractivity contribution is 0.294. The highest BCUT2D eigenvalue weighted by atomic mass is 16.5. The van der Waals surface area contributed by atoms with Crippen LogP contribution in [0.15, 0.2) is 12.1 Å². The van der Waals surface area contributed by atoms with E-state index < -0.39 is 0 Å². The fourth-order valence-electron chi connectivity index (χ4n) is 2.00. The van der Waals surface area contributed by atoms with Gasteiger partial charge in [0, 0.05) is 5.56 Å². The highest BCUT2D eigenvalue weighted by Crippen LogP contribution is 2.25. The normalized spacial score (nSPS) is 10.7. The van der Waals surface area contributed by atoms with E-state index >= 15 is 0 Å². The average molecular weight is 248 g/mol. The molecule has 0 aliphatic heterocycles. The summed E-state index contributed by atoms with van der Waals surface area (Å²) in [7, 11) is 0. The summed E-state index contributed by atoms with van der Waals surface area (Å²) in [5, 5.41) is 7.45. The van der Waals surface area contributed by atoms with E-state index in [2.05, 4.69) is 13.8 Å². The Labute approximate surface area is 110 Å². The predicted octanol–water partition coefficient (Wildman–Crippen LogP) is 3.40. The lowest BCUT2D eigenvalue weighted by atomic mass is 10.0. The molecule has 0 radical (unpaired) electrons. The quantitative estimate of drug-likeness (QED) is 0.460. The maximum Gasteiger partial charge on any atom is 0.125 e. The summed E-state index contributed by atoms with van der Waals surface area (Å²) in [5.41, 5.74) is 8.35. The van der Waals surface area contributed by atoms with Crippen molar-refractivity contribution in [3.05, 3.63) is 28.8 Å². The van der Waals surface area contributed by atoms with E-state index in [4.69, 9.17) is 15.9 Å². The van der Waals surface area contributed by atoms with Crippen LogP contribution in [0.3, 0.4) is 0 Å². The number of hydrogen-bond donors (Lipinski definition) is 2. The van der Waals surface area contributed by atoms with Crippen LogP contribution in [0.5, 0.6) is 5.75 Å². The highest BCUT2D eigenvalue weighted by Gasteiger charge is 2.08. The maximum atomic E-state index is 7.45. The molecule has 0 amide bonds. The number of aryl methyl sites for hydroxylation is 2. The van der Waals surface area contributed by atoms with Crippen LogP contribution in [0.25, 0.3) is 0 Å². The molecule has 0 aliphatic carbocycles. The standard InChI is InChI=1S/C15H24N2O/c1-10(2)6-5-7-18-14-11(3)8-13(15(16)17)9-12(14)4/h8-10H,5-7H2,1-4H3,(H3,16,17). The minimum Gasteiger partial charge on any atom is -0.493 e. The number of rotatable bonds is 6. The topological polar surface area (TPSA) is 59.1 Å². The van der Waals surface area contributed by atoms with Crippen LogP contribution in [0.2, 0.25) is 0 Å². The molecule has 100 valence electrons. The van der Waals surface area contributed by atoms with Crippen molar-refractivity contribution in [3.8, 4) is 5.75 Å². The van der Waals surface area contributed by atoms with E-state index in [9.17, 15) is 0 Å². The summed E-state index contributed by atoms with van der Waals surface area (Å²) in [6, 6.07) is 3.82. The molecule has 0 aromatic heterocycles. The van der Waals surface area contributed by atoms with Gasteiger partial charge < -0.3 is 10.5 Å². The van der Waals surface area contributed by atoms with Crippen molar-refractivity contribution in [1.29, 1.82) is 5.41 Å². The van der Waals surface area contributed by atoms with Crippen molar-refractivity contribution in [3.63, 3.8) is 0 Å². The van der Waals surface area contributed by atoms with Gasteiger partial charge in [0.1, 0.15) is 11.6 Å². The summed E-state index contributed by atoms with van der Waals surface area (Å²) in [4.78, 5) is 0. The number of nitrogens with one attached hydrogen (secondary N) is 1. The lowest BCUT2D eigenvalue weighted by Crippen LogP contribution is -2.12. The van der Waals surface area contributed by atoms with Crippen LogP contribution in [-0.4, -0.2) is 12.4 Å². The molecule has 0 spiro atoms. The van der Waals surface area contributed by atoms with E-state index in [1.807, 2.05) is 26.0 Å². The molecule has 0 atom stereocenters. The molecule has 3 nitrogen and oxygen atoms in total. The molecular weight excluding hydrogens is 224 g/mol. The predicted molar refractivity (Wildman–Crippen MR) is 76.5 cm³/mol. The molecule has 0 saturated carbocycles. The Morgan fingerprint density at radius 1 is 1.28 bits per heavy atom. The average Bonchev–Trinajstić information content (AvgIpc) is 2.26. The summed E-state index contributed by atoms with van der Waals surface area (Å²) in [6.45, 7) is 9.18. The SMILES string of the molecule is Cc1cc(C(=N)N)cc(C)c1OCCCC(C)C. The Kier molecular flexibility index (Phi) is 5.20. The van der Waals surface area contributed by atoms with Gasteiger partial charge in [0.15, 0.2) is 0 Å². The molecule has 18 heavy (non-hydrogen) atoms. The number of amidine groups is 1. The monoisotopic (exact) mass is 248 g/mol. The van der Waals surface area contributed by atoms with Crippen molar-refractivity contribution >= 4 is 5.84 Å². The first kappa shape index (κ1) is 14.6. The van der Waals surface area contributed by atoms with Crippen LogP contribution < -0.4 is 10.5 Å². The first-order chi connectivity index (χ1) is 8.41. The van der Waals surface area contributed by atoms with Gasteiger partial charge in [0.25, 0.3) is 0 Å². The number of nitrogen functional groups attached to an aromatic ring is 1. The largest absolute Gasteiger partial charge is 0.493 e. The number of benzene rings is 1. The molecule has 1 rings (SSSR count). The Hall–Kier alpha value is -1.51. The molecule has 0 bridgehead atoms. The Balaban J connectivity index is 2.69. The molecule has 0 fully saturated rings. The molecule has 3 heteroatoms. The van der Waals surface area contributed by atoms with Gasteiger partial charge in [0.05, 0.1) is 6.61 Å². The minimum atomic E-state index is 0.104. The van der Waals surface area contributed by atoms with Crippen LogP contribution in [0.1, 0.15) is 43.4 Å². The highest BCUT2D eigenvalue weighted by molar-refractivity contribution is 5.95.